The molecule has 0 aliphatic carbocycles. The number of piperazine rings is 1. The zero-order chi connectivity index (χ0) is 22.9. The number of sulfone groups is 1. The largest absolute Gasteiger partial charge is 0.293 e. The SMILES string of the molecule is CS(=O)(=O)c1ccc(-n2nnnc2CN2CCN(S(=O)(=O)c3cccc(Cl)c3)CC2)cc1. The molecule has 0 spiro atoms. The van der Waals surface area contributed by atoms with E-state index in [4.69, 9.17) is 11.6 Å². The standard InChI is InChI=1S/C19H21ClN6O4S2/c1-31(27,28)17-7-5-16(6-8-17)26-19(21-22-23-26)14-24-9-11-25(12-10-24)32(29,30)18-4-2-3-15(20)13-18/h2-8,13H,9-12,14H2,1H3. The van der Waals surface area contributed by atoms with Crippen LogP contribution in [0.5, 0.6) is 0 Å². The Balaban J connectivity index is 1.43. The number of benzene rings is 2. The van der Waals surface area contributed by atoms with Crippen LogP contribution < -0.4 is 0 Å². The van der Waals surface area contributed by atoms with Crippen molar-refractivity contribution in [2.75, 3.05) is 32.4 Å². The highest BCUT2D eigenvalue weighted by atomic mass is 35.5. The van der Waals surface area contributed by atoms with E-state index >= 15 is 0 Å². The molecule has 10 nitrogen and oxygen atoms in total. The lowest BCUT2D eigenvalue weighted by molar-refractivity contribution is 0.177. The second kappa shape index (κ2) is 8.87. The Morgan fingerprint density at radius 2 is 1.62 bits per heavy atom. The molecule has 4 rings (SSSR count). The van der Waals surface area contributed by atoms with Gasteiger partial charge in [-0.25, -0.2) is 16.8 Å². The molecule has 1 saturated heterocycles. The van der Waals surface area contributed by atoms with Gasteiger partial charge in [-0.15, -0.1) is 5.10 Å². The monoisotopic (exact) mass is 496 g/mol. The summed E-state index contributed by atoms with van der Waals surface area (Å²) in [6.07, 6.45) is 1.15. The lowest BCUT2D eigenvalue weighted by atomic mass is 10.3. The van der Waals surface area contributed by atoms with Crippen molar-refractivity contribution in [2.45, 2.75) is 16.3 Å². The highest BCUT2D eigenvalue weighted by Gasteiger charge is 2.29. The highest BCUT2D eigenvalue weighted by molar-refractivity contribution is 7.90. The number of nitrogens with zero attached hydrogens (tertiary/aromatic N) is 6. The fraction of sp³-hybridized carbons (Fsp3) is 0.316. The Hall–Kier alpha value is -2.38. The fourth-order valence-electron chi connectivity index (χ4n) is 3.44. The first kappa shape index (κ1) is 22.8. The molecule has 1 fully saturated rings. The van der Waals surface area contributed by atoms with Gasteiger partial charge in [0.05, 0.1) is 22.0 Å². The molecule has 2 heterocycles. The molecule has 0 bridgehead atoms. The first-order valence-corrected chi connectivity index (χ1v) is 13.4. The zero-order valence-electron chi connectivity index (χ0n) is 17.2. The number of aromatic nitrogens is 4. The summed E-state index contributed by atoms with van der Waals surface area (Å²) >= 11 is 5.95. The number of halogens is 1. The number of tetrazole rings is 1. The van der Waals surface area contributed by atoms with E-state index in [0.717, 1.165) is 6.26 Å². The first-order valence-electron chi connectivity index (χ1n) is 9.70. The normalized spacial score (nSPS) is 16.3. The van der Waals surface area contributed by atoms with Crippen molar-refractivity contribution in [1.29, 1.82) is 0 Å². The average molecular weight is 497 g/mol. The van der Waals surface area contributed by atoms with Crippen molar-refractivity contribution in [2.24, 2.45) is 0 Å². The molecule has 0 N–H and O–H groups in total. The average Bonchev–Trinajstić information content (AvgIpc) is 3.22. The van der Waals surface area contributed by atoms with Gasteiger partial charge in [0.1, 0.15) is 0 Å². The van der Waals surface area contributed by atoms with Gasteiger partial charge in [0.2, 0.25) is 10.0 Å². The number of hydrogen-bond donors (Lipinski definition) is 0. The smallest absolute Gasteiger partial charge is 0.243 e. The molecule has 0 atom stereocenters. The van der Waals surface area contributed by atoms with Crippen molar-refractivity contribution in [3.05, 3.63) is 59.4 Å². The van der Waals surface area contributed by atoms with E-state index in [0.29, 0.717) is 49.3 Å². The quantitative estimate of drug-likeness (QED) is 0.500. The number of rotatable bonds is 6. The lowest BCUT2D eigenvalue weighted by Crippen LogP contribution is -2.48. The Labute approximate surface area is 191 Å². The molecular formula is C19H21ClN6O4S2. The van der Waals surface area contributed by atoms with Crippen molar-refractivity contribution in [3.8, 4) is 5.69 Å². The van der Waals surface area contributed by atoms with E-state index in [1.165, 1.54) is 28.6 Å². The summed E-state index contributed by atoms with van der Waals surface area (Å²) in [6.45, 7) is 2.12. The Kier molecular flexibility index (Phi) is 6.32. The van der Waals surface area contributed by atoms with Crippen molar-refractivity contribution >= 4 is 31.5 Å². The second-order valence-electron chi connectivity index (χ2n) is 7.41. The van der Waals surface area contributed by atoms with E-state index in [1.54, 1.807) is 28.9 Å². The first-order chi connectivity index (χ1) is 15.1. The number of hydrogen-bond acceptors (Lipinski definition) is 8. The van der Waals surface area contributed by atoms with Crippen molar-refractivity contribution in [3.63, 3.8) is 0 Å². The van der Waals surface area contributed by atoms with Gasteiger partial charge < -0.3 is 0 Å². The van der Waals surface area contributed by atoms with Gasteiger partial charge in [-0.05, 0) is 52.9 Å². The maximum atomic E-state index is 12.9. The molecule has 0 radical (unpaired) electrons. The van der Waals surface area contributed by atoms with E-state index in [-0.39, 0.29) is 9.79 Å². The van der Waals surface area contributed by atoms with Gasteiger partial charge in [0.25, 0.3) is 0 Å². The molecule has 0 unspecified atom stereocenters. The molecular weight excluding hydrogens is 476 g/mol. The van der Waals surface area contributed by atoms with E-state index in [9.17, 15) is 16.8 Å². The van der Waals surface area contributed by atoms with Crippen molar-refractivity contribution in [1.82, 2.24) is 29.4 Å². The maximum Gasteiger partial charge on any atom is 0.243 e. The third-order valence-corrected chi connectivity index (χ3v) is 8.43. The van der Waals surface area contributed by atoms with Gasteiger partial charge in [-0.3, -0.25) is 4.90 Å². The van der Waals surface area contributed by atoms with Crippen LogP contribution in [0.2, 0.25) is 5.02 Å². The lowest BCUT2D eigenvalue weighted by Gasteiger charge is -2.33. The minimum atomic E-state index is -3.61. The molecule has 170 valence electrons. The summed E-state index contributed by atoms with van der Waals surface area (Å²) in [6, 6.07) is 12.6. The third-order valence-electron chi connectivity index (χ3n) is 5.17. The molecule has 1 aromatic heterocycles. The van der Waals surface area contributed by atoms with Crippen LogP contribution in [0.3, 0.4) is 0 Å². The Bertz CT molecular complexity index is 1320. The van der Waals surface area contributed by atoms with Crippen LogP contribution >= 0.6 is 11.6 Å². The number of sulfonamides is 1. The Morgan fingerprint density at radius 1 is 0.938 bits per heavy atom. The van der Waals surface area contributed by atoms with E-state index in [2.05, 4.69) is 20.4 Å². The second-order valence-corrected chi connectivity index (χ2v) is 11.8. The molecule has 0 saturated carbocycles. The fourth-order valence-corrected chi connectivity index (χ4v) is 5.80. The highest BCUT2D eigenvalue weighted by Crippen LogP contribution is 2.21. The van der Waals surface area contributed by atoms with Crippen molar-refractivity contribution < 1.29 is 16.8 Å². The topological polar surface area (TPSA) is 118 Å². The van der Waals surface area contributed by atoms with Crippen LogP contribution in [0.1, 0.15) is 5.82 Å². The molecule has 1 aliphatic heterocycles. The van der Waals surface area contributed by atoms with Gasteiger partial charge in [0.15, 0.2) is 15.7 Å². The third kappa shape index (κ3) is 4.84. The van der Waals surface area contributed by atoms with Crippen LogP contribution in [-0.4, -0.2) is 78.7 Å². The molecule has 13 heteroatoms. The summed E-state index contributed by atoms with van der Waals surface area (Å²) in [7, 11) is -6.90. The van der Waals surface area contributed by atoms with E-state index < -0.39 is 19.9 Å². The van der Waals surface area contributed by atoms with Crippen LogP contribution in [-0.2, 0) is 26.4 Å². The molecule has 0 amide bonds. The summed E-state index contributed by atoms with van der Waals surface area (Å²) in [5.74, 6) is 0.572. The van der Waals surface area contributed by atoms with Crippen LogP contribution in [0.25, 0.3) is 5.69 Å². The van der Waals surface area contributed by atoms with Gasteiger partial charge in [0, 0.05) is 37.5 Å². The molecule has 1 aliphatic rings. The maximum absolute atomic E-state index is 12.9. The Morgan fingerprint density at radius 3 is 2.25 bits per heavy atom. The predicted molar refractivity (Wildman–Crippen MR) is 118 cm³/mol. The molecule has 3 aromatic rings. The molecule has 2 aromatic carbocycles. The minimum absolute atomic E-state index is 0.180. The van der Waals surface area contributed by atoms with Gasteiger partial charge >= 0.3 is 0 Å². The van der Waals surface area contributed by atoms with Crippen LogP contribution in [0.4, 0.5) is 0 Å². The summed E-state index contributed by atoms with van der Waals surface area (Å²) in [5, 5.41) is 12.2. The van der Waals surface area contributed by atoms with Gasteiger partial charge in [-0.2, -0.15) is 8.99 Å². The zero-order valence-corrected chi connectivity index (χ0v) is 19.6. The van der Waals surface area contributed by atoms with Crippen LogP contribution in [0, 0.1) is 0 Å². The predicted octanol–water partition coefficient (Wildman–Crippen LogP) is 1.23. The summed E-state index contributed by atoms with van der Waals surface area (Å²) in [5.41, 5.74) is 0.638. The van der Waals surface area contributed by atoms with E-state index in [1.807, 2.05) is 0 Å². The summed E-state index contributed by atoms with van der Waals surface area (Å²) < 4.78 is 52.0. The van der Waals surface area contributed by atoms with Crippen LogP contribution in [0.15, 0.2) is 58.3 Å². The minimum Gasteiger partial charge on any atom is -0.293 e. The molecule has 32 heavy (non-hydrogen) atoms. The summed E-state index contributed by atoms with van der Waals surface area (Å²) in [4.78, 5) is 2.46. The van der Waals surface area contributed by atoms with Gasteiger partial charge in [-0.1, -0.05) is 17.7 Å².